The summed E-state index contributed by atoms with van der Waals surface area (Å²) in [7, 11) is 0. The fourth-order valence-corrected chi connectivity index (χ4v) is 3.65. The van der Waals surface area contributed by atoms with Crippen LogP contribution in [0.25, 0.3) is 16.6 Å². The van der Waals surface area contributed by atoms with E-state index >= 15 is 0 Å². The lowest BCUT2D eigenvalue weighted by atomic mass is 9.99. The van der Waals surface area contributed by atoms with E-state index < -0.39 is 0 Å². The van der Waals surface area contributed by atoms with E-state index in [1.54, 1.807) is 0 Å². The largest absolute Gasteiger partial charge is 0.172 e. The van der Waals surface area contributed by atoms with Gasteiger partial charge >= 0.3 is 0 Å². The SMILES string of the molecule is CCC(C)CC1=CCC(c2ccc(Br)c3nsnc23)=C1. The molecule has 0 N–H and O–H groups in total. The number of hydrogen-bond donors (Lipinski definition) is 0. The molecule has 4 heteroatoms. The van der Waals surface area contributed by atoms with E-state index in [0.29, 0.717) is 0 Å². The van der Waals surface area contributed by atoms with Crippen molar-refractivity contribution in [3.63, 3.8) is 0 Å². The molecule has 1 atom stereocenters. The Labute approximate surface area is 132 Å². The highest BCUT2D eigenvalue weighted by atomic mass is 79.9. The van der Waals surface area contributed by atoms with E-state index in [0.717, 1.165) is 27.8 Å². The summed E-state index contributed by atoms with van der Waals surface area (Å²) in [5, 5.41) is 0. The smallest absolute Gasteiger partial charge is 0.119 e. The molecule has 1 heterocycles. The van der Waals surface area contributed by atoms with Gasteiger partial charge in [0.2, 0.25) is 0 Å². The standard InChI is InChI=1S/C16H17BrN2S/c1-3-10(2)8-11-4-5-12(9-11)13-6-7-14(17)16-15(13)18-20-19-16/h4,6-7,9-10H,3,5,8H2,1-2H3. The van der Waals surface area contributed by atoms with E-state index in [2.05, 4.69) is 62.8 Å². The molecule has 0 saturated heterocycles. The Morgan fingerprint density at radius 3 is 2.90 bits per heavy atom. The first kappa shape index (κ1) is 14.0. The first-order chi connectivity index (χ1) is 9.69. The number of aromatic nitrogens is 2. The van der Waals surface area contributed by atoms with Gasteiger partial charge in [-0.1, -0.05) is 44.1 Å². The zero-order valence-corrected chi connectivity index (χ0v) is 14.1. The van der Waals surface area contributed by atoms with Crippen molar-refractivity contribution in [2.45, 2.75) is 33.1 Å². The normalized spacial score (nSPS) is 16.4. The molecule has 3 rings (SSSR count). The van der Waals surface area contributed by atoms with Crippen LogP contribution in [0.5, 0.6) is 0 Å². The van der Waals surface area contributed by atoms with E-state index in [1.807, 2.05) is 0 Å². The van der Waals surface area contributed by atoms with Gasteiger partial charge in [0, 0.05) is 10.0 Å². The molecule has 0 radical (unpaired) electrons. The first-order valence-corrected chi connectivity index (χ1v) is 8.52. The third-order valence-electron chi connectivity index (χ3n) is 3.94. The van der Waals surface area contributed by atoms with E-state index in [4.69, 9.17) is 0 Å². The highest BCUT2D eigenvalue weighted by Gasteiger charge is 2.16. The molecule has 20 heavy (non-hydrogen) atoms. The first-order valence-electron chi connectivity index (χ1n) is 6.99. The number of hydrogen-bond acceptors (Lipinski definition) is 3. The van der Waals surface area contributed by atoms with Gasteiger partial charge in [0.1, 0.15) is 11.0 Å². The minimum atomic E-state index is 0.753. The van der Waals surface area contributed by atoms with E-state index in [9.17, 15) is 0 Å². The van der Waals surface area contributed by atoms with Crippen LogP contribution >= 0.6 is 27.7 Å². The van der Waals surface area contributed by atoms with Crippen molar-refractivity contribution in [3.05, 3.63) is 39.9 Å². The predicted octanol–water partition coefficient (Wildman–Crippen LogP) is 5.60. The number of allylic oxidation sites excluding steroid dienone is 4. The fraction of sp³-hybridized carbons (Fsp3) is 0.375. The van der Waals surface area contributed by atoms with Gasteiger partial charge in [-0.2, -0.15) is 8.75 Å². The summed E-state index contributed by atoms with van der Waals surface area (Å²) in [5.74, 6) is 0.753. The van der Waals surface area contributed by atoms with Crippen LogP contribution in [0.3, 0.4) is 0 Å². The van der Waals surface area contributed by atoms with Crippen molar-refractivity contribution in [2.24, 2.45) is 5.92 Å². The topological polar surface area (TPSA) is 25.8 Å². The molecule has 2 aromatic rings. The monoisotopic (exact) mass is 348 g/mol. The number of rotatable bonds is 4. The van der Waals surface area contributed by atoms with E-state index in [1.165, 1.54) is 41.3 Å². The Balaban J connectivity index is 1.92. The van der Waals surface area contributed by atoms with Crippen molar-refractivity contribution in [2.75, 3.05) is 0 Å². The lowest BCUT2D eigenvalue weighted by molar-refractivity contribution is 0.562. The number of halogens is 1. The molecule has 0 spiro atoms. The van der Waals surface area contributed by atoms with Crippen molar-refractivity contribution < 1.29 is 0 Å². The van der Waals surface area contributed by atoms with Crippen molar-refractivity contribution in [1.29, 1.82) is 0 Å². The van der Waals surface area contributed by atoms with Gasteiger partial charge in [0.25, 0.3) is 0 Å². The minimum Gasteiger partial charge on any atom is -0.172 e. The Kier molecular flexibility index (Phi) is 4.03. The molecular formula is C16H17BrN2S. The number of nitrogens with zero attached hydrogens (tertiary/aromatic N) is 2. The molecule has 1 aliphatic carbocycles. The summed E-state index contributed by atoms with van der Waals surface area (Å²) in [5.41, 5.74) is 6.06. The zero-order valence-electron chi connectivity index (χ0n) is 11.7. The highest BCUT2D eigenvalue weighted by Crippen LogP contribution is 2.35. The molecule has 0 saturated carbocycles. The summed E-state index contributed by atoms with van der Waals surface area (Å²) >= 11 is 4.83. The van der Waals surface area contributed by atoms with Crippen molar-refractivity contribution in [1.82, 2.24) is 8.75 Å². The van der Waals surface area contributed by atoms with Crippen LogP contribution in [0.2, 0.25) is 0 Å². The third kappa shape index (κ3) is 2.59. The predicted molar refractivity (Wildman–Crippen MR) is 89.9 cm³/mol. The van der Waals surface area contributed by atoms with Crippen molar-refractivity contribution in [3.8, 4) is 0 Å². The molecule has 0 bridgehead atoms. The maximum atomic E-state index is 4.46. The van der Waals surface area contributed by atoms with Crippen LogP contribution in [0.15, 0.2) is 34.3 Å². The fourth-order valence-electron chi connectivity index (χ4n) is 2.55. The summed E-state index contributed by atoms with van der Waals surface area (Å²) in [6.45, 7) is 4.57. The van der Waals surface area contributed by atoms with Crippen molar-refractivity contribution >= 4 is 44.3 Å². The Morgan fingerprint density at radius 1 is 1.30 bits per heavy atom. The molecular weight excluding hydrogens is 332 g/mol. The number of fused-ring (bicyclic) bond motifs is 1. The minimum absolute atomic E-state index is 0.753. The number of benzene rings is 1. The van der Waals surface area contributed by atoms with E-state index in [-0.39, 0.29) is 0 Å². The molecule has 1 aromatic carbocycles. The van der Waals surface area contributed by atoms with Crippen LogP contribution < -0.4 is 0 Å². The summed E-state index contributed by atoms with van der Waals surface area (Å²) in [4.78, 5) is 0. The van der Waals surface area contributed by atoms with Crippen LogP contribution in [0, 0.1) is 5.92 Å². The summed E-state index contributed by atoms with van der Waals surface area (Å²) in [6.07, 6.45) is 8.12. The quantitative estimate of drug-likeness (QED) is 0.718. The average Bonchev–Trinajstić information content (AvgIpc) is 3.08. The molecule has 104 valence electrons. The Hall–Kier alpha value is -1.00. The second-order valence-electron chi connectivity index (χ2n) is 5.43. The second-order valence-corrected chi connectivity index (χ2v) is 6.81. The van der Waals surface area contributed by atoms with Gasteiger partial charge in [-0.05, 0) is 46.3 Å². The van der Waals surface area contributed by atoms with Gasteiger partial charge in [-0.25, -0.2) is 0 Å². The average molecular weight is 349 g/mol. The molecule has 1 aliphatic rings. The maximum absolute atomic E-state index is 4.46. The summed E-state index contributed by atoms with van der Waals surface area (Å²) in [6, 6.07) is 4.23. The van der Waals surface area contributed by atoms with Gasteiger partial charge in [-0.15, -0.1) is 0 Å². The van der Waals surface area contributed by atoms with Crippen LogP contribution in [0.1, 0.15) is 38.7 Å². The second kappa shape index (κ2) is 5.78. The van der Waals surface area contributed by atoms with Gasteiger partial charge in [0.05, 0.1) is 11.7 Å². The molecule has 0 fully saturated rings. The Morgan fingerprint density at radius 2 is 2.10 bits per heavy atom. The molecule has 0 amide bonds. The molecule has 0 aliphatic heterocycles. The molecule has 2 nitrogen and oxygen atoms in total. The lowest BCUT2D eigenvalue weighted by Gasteiger charge is -2.07. The zero-order chi connectivity index (χ0) is 14.1. The van der Waals surface area contributed by atoms with Crippen LogP contribution in [0.4, 0.5) is 0 Å². The van der Waals surface area contributed by atoms with Gasteiger partial charge < -0.3 is 0 Å². The molecule has 1 unspecified atom stereocenters. The summed E-state index contributed by atoms with van der Waals surface area (Å²) < 4.78 is 9.86. The van der Waals surface area contributed by atoms with Gasteiger partial charge in [-0.3, -0.25) is 0 Å². The lowest BCUT2D eigenvalue weighted by Crippen LogP contribution is -1.92. The molecule has 1 aromatic heterocycles. The van der Waals surface area contributed by atoms with Crippen LogP contribution in [-0.2, 0) is 0 Å². The highest BCUT2D eigenvalue weighted by molar-refractivity contribution is 9.10. The van der Waals surface area contributed by atoms with Crippen LogP contribution in [-0.4, -0.2) is 8.75 Å². The maximum Gasteiger partial charge on any atom is 0.119 e. The third-order valence-corrected chi connectivity index (χ3v) is 5.11. The van der Waals surface area contributed by atoms with Gasteiger partial charge in [0.15, 0.2) is 0 Å². The Bertz CT molecular complexity index is 700.